The molecule has 3 aromatic rings. The zero-order valence-corrected chi connectivity index (χ0v) is 19.6. The minimum atomic E-state index is -0.0467. The molecule has 0 radical (unpaired) electrons. The molecule has 3 nitrogen and oxygen atoms in total. The summed E-state index contributed by atoms with van der Waals surface area (Å²) in [5, 5.41) is 4.20. The maximum absolute atomic E-state index is 12.9. The Labute approximate surface area is 191 Å². The molecule has 1 amide bonds. The van der Waals surface area contributed by atoms with Gasteiger partial charge >= 0.3 is 0 Å². The zero-order chi connectivity index (χ0) is 20.9. The van der Waals surface area contributed by atoms with Crippen LogP contribution >= 0.6 is 27.3 Å². The van der Waals surface area contributed by atoms with Crippen LogP contribution in [-0.4, -0.2) is 23.9 Å². The van der Waals surface area contributed by atoms with Gasteiger partial charge in [-0.05, 0) is 68.2 Å². The first-order valence-corrected chi connectivity index (χ1v) is 12.2. The highest BCUT2D eigenvalue weighted by atomic mass is 79.9. The van der Waals surface area contributed by atoms with Gasteiger partial charge in [0, 0.05) is 20.5 Å². The van der Waals surface area contributed by atoms with Crippen LogP contribution in [0.15, 0.2) is 65.1 Å². The van der Waals surface area contributed by atoms with Crippen molar-refractivity contribution < 1.29 is 4.79 Å². The fraction of sp³-hybridized carbons (Fsp3) is 0.320. The average Bonchev–Trinajstić information content (AvgIpc) is 3.19. The van der Waals surface area contributed by atoms with Gasteiger partial charge in [-0.2, -0.15) is 0 Å². The molecule has 1 atom stereocenters. The summed E-state index contributed by atoms with van der Waals surface area (Å²) in [5.74, 6) is -0.0467. The number of rotatable bonds is 6. The molecule has 0 aliphatic carbocycles. The van der Waals surface area contributed by atoms with E-state index in [1.807, 2.05) is 30.3 Å². The summed E-state index contributed by atoms with van der Waals surface area (Å²) in [6, 6.07) is 20.5. The van der Waals surface area contributed by atoms with Crippen molar-refractivity contribution in [3.05, 3.63) is 86.7 Å². The van der Waals surface area contributed by atoms with Gasteiger partial charge in [-0.25, -0.2) is 0 Å². The van der Waals surface area contributed by atoms with E-state index in [-0.39, 0.29) is 11.9 Å². The highest BCUT2D eigenvalue weighted by Crippen LogP contribution is 2.40. The van der Waals surface area contributed by atoms with Crippen LogP contribution in [-0.2, 0) is 6.42 Å². The minimum Gasteiger partial charge on any atom is -0.313 e. The second kappa shape index (κ2) is 9.90. The first-order valence-electron chi connectivity index (χ1n) is 10.6. The largest absolute Gasteiger partial charge is 0.313 e. The fourth-order valence-electron chi connectivity index (χ4n) is 4.11. The number of amides is 1. The third kappa shape index (κ3) is 4.85. The second-order valence-electron chi connectivity index (χ2n) is 7.72. The SMILES string of the molecule is CCc1cc(C(c2ccc(Br)cc2)N2CCCCC2)c(NC(=O)c2ccccc2)s1. The number of nitrogens with one attached hydrogen (secondary N) is 1. The van der Waals surface area contributed by atoms with Crippen LogP contribution < -0.4 is 5.32 Å². The predicted molar refractivity (Wildman–Crippen MR) is 130 cm³/mol. The van der Waals surface area contributed by atoms with Crippen molar-refractivity contribution in [2.45, 2.75) is 38.6 Å². The molecule has 1 N–H and O–H groups in total. The van der Waals surface area contributed by atoms with Crippen LogP contribution in [0.25, 0.3) is 0 Å². The molecule has 1 fully saturated rings. The van der Waals surface area contributed by atoms with Crippen LogP contribution in [0.1, 0.15) is 58.6 Å². The molecular weight excluding hydrogens is 456 g/mol. The van der Waals surface area contributed by atoms with Gasteiger partial charge < -0.3 is 5.32 Å². The summed E-state index contributed by atoms with van der Waals surface area (Å²) < 4.78 is 1.08. The Bertz CT molecular complexity index is 978. The number of carbonyl (C=O) groups excluding carboxylic acids is 1. The molecule has 30 heavy (non-hydrogen) atoms. The van der Waals surface area contributed by atoms with Gasteiger partial charge in [-0.3, -0.25) is 9.69 Å². The molecule has 1 saturated heterocycles. The Morgan fingerprint density at radius 3 is 2.43 bits per heavy atom. The Morgan fingerprint density at radius 2 is 1.77 bits per heavy atom. The predicted octanol–water partition coefficient (Wildman–Crippen LogP) is 6.90. The normalized spacial score (nSPS) is 15.7. The van der Waals surface area contributed by atoms with E-state index >= 15 is 0 Å². The van der Waals surface area contributed by atoms with E-state index in [0.717, 1.165) is 29.0 Å². The molecular formula is C25H27BrN2OS. The quantitative estimate of drug-likeness (QED) is 0.414. The lowest BCUT2D eigenvalue weighted by molar-refractivity contribution is 0.102. The number of anilines is 1. The minimum absolute atomic E-state index is 0.0467. The molecule has 1 aromatic heterocycles. The number of benzene rings is 2. The van der Waals surface area contributed by atoms with Crippen molar-refractivity contribution in [2.75, 3.05) is 18.4 Å². The first-order chi connectivity index (χ1) is 14.7. The van der Waals surface area contributed by atoms with Crippen LogP contribution in [0, 0.1) is 0 Å². The molecule has 4 rings (SSSR count). The smallest absolute Gasteiger partial charge is 0.256 e. The van der Waals surface area contributed by atoms with Crippen LogP contribution in [0.4, 0.5) is 5.00 Å². The maximum atomic E-state index is 12.9. The highest BCUT2D eigenvalue weighted by molar-refractivity contribution is 9.10. The summed E-state index contributed by atoms with van der Waals surface area (Å²) in [6.07, 6.45) is 4.71. The topological polar surface area (TPSA) is 32.3 Å². The first kappa shape index (κ1) is 21.3. The summed E-state index contributed by atoms with van der Waals surface area (Å²) in [7, 11) is 0. The molecule has 1 aliphatic rings. The van der Waals surface area contributed by atoms with Gasteiger partial charge in [0.15, 0.2) is 0 Å². The summed E-state index contributed by atoms with van der Waals surface area (Å²) in [5.41, 5.74) is 3.18. The lowest BCUT2D eigenvalue weighted by Gasteiger charge is -2.35. The van der Waals surface area contributed by atoms with E-state index in [1.165, 1.54) is 35.3 Å². The summed E-state index contributed by atoms with van der Waals surface area (Å²) in [4.78, 5) is 16.8. The third-order valence-corrected chi connectivity index (χ3v) is 7.40. The number of hydrogen-bond donors (Lipinski definition) is 1. The number of likely N-dealkylation sites (tertiary alicyclic amines) is 1. The van der Waals surface area contributed by atoms with Crippen molar-refractivity contribution in [1.82, 2.24) is 4.90 Å². The number of piperidine rings is 1. The number of aryl methyl sites for hydroxylation is 1. The van der Waals surface area contributed by atoms with E-state index < -0.39 is 0 Å². The van der Waals surface area contributed by atoms with E-state index in [1.54, 1.807) is 11.3 Å². The number of hydrogen-bond acceptors (Lipinski definition) is 3. The Balaban J connectivity index is 1.73. The molecule has 0 spiro atoms. The van der Waals surface area contributed by atoms with Crippen molar-refractivity contribution in [3.63, 3.8) is 0 Å². The van der Waals surface area contributed by atoms with Crippen LogP contribution in [0.5, 0.6) is 0 Å². The highest BCUT2D eigenvalue weighted by Gasteiger charge is 2.28. The third-order valence-electron chi connectivity index (χ3n) is 5.66. The fourth-order valence-corrected chi connectivity index (χ4v) is 5.40. The average molecular weight is 483 g/mol. The number of carbonyl (C=O) groups is 1. The Kier molecular flexibility index (Phi) is 7.03. The molecule has 0 bridgehead atoms. The van der Waals surface area contributed by atoms with E-state index in [9.17, 15) is 4.79 Å². The van der Waals surface area contributed by atoms with Gasteiger partial charge in [0.2, 0.25) is 0 Å². The van der Waals surface area contributed by atoms with Crippen molar-refractivity contribution in [1.29, 1.82) is 0 Å². The summed E-state index contributed by atoms with van der Waals surface area (Å²) >= 11 is 5.27. The van der Waals surface area contributed by atoms with Crippen molar-refractivity contribution >= 4 is 38.2 Å². The molecule has 2 heterocycles. The second-order valence-corrected chi connectivity index (χ2v) is 9.77. The lowest BCUT2D eigenvalue weighted by atomic mass is 9.96. The standard InChI is InChI=1S/C25H27BrN2OS/c1-2-21-17-22(25(30-21)27-24(29)19-9-5-3-6-10-19)23(28-15-7-4-8-16-28)18-11-13-20(26)14-12-18/h3,5-6,9-14,17,23H,2,4,7-8,15-16H2,1H3,(H,27,29). The van der Waals surface area contributed by atoms with Gasteiger partial charge in [0.25, 0.3) is 5.91 Å². The van der Waals surface area contributed by atoms with Crippen molar-refractivity contribution in [3.8, 4) is 0 Å². The molecule has 0 saturated carbocycles. The number of nitrogens with zero attached hydrogens (tertiary/aromatic N) is 1. The Morgan fingerprint density at radius 1 is 1.07 bits per heavy atom. The van der Waals surface area contributed by atoms with E-state index in [4.69, 9.17) is 0 Å². The van der Waals surface area contributed by atoms with Crippen LogP contribution in [0.2, 0.25) is 0 Å². The van der Waals surface area contributed by atoms with Gasteiger partial charge in [-0.15, -0.1) is 11.3 Å². The lowest BCUT2D eigenvalue weighted by Crippen LogP contribution is -2.34. The zero-order valence-electron chi connectivity index (χ0n) is 17.2. The Hall–Kier alpha value is -1.95. The number of thiophene rings is 1. The molecule has 1 aliphatic heterocycles. The van der Waals surface area contributed by atoms with E-state index in [2.05, 4.69) is 63.4 Å². The number of halogens is 1. The van der Waals surface area contributed by atoms with Crippen molar-refractivity contribution in [2.24, 2.45) is 0 Å². The monoisotopic (exact) mass is 482 g/mol. The van der Waals surface area contributed by atoms with Crippen LogP contribution in [0.3, 0.4) is 0 Å². The van der Waals surface area contributed by atoms with Gasteiger partial charge in [0.1, 0.15) is 5.00 Å². The molecule has 1 unspecified atom stereocenters. The molecule has 2 aromatic carbocycles. The van der Waals surface area contributed by atoms with E-state index in [0.29, 0.717) is 5.56 Å². The summed E-state index contributed by atoms with van der Waals surface area (Å²) in [6.45, 7) is 4.35. The van der Waals surface area contributed by atoms with Gasteiger partial charge in [-0.1, -0.05) is 59.6 Å². The maximum Gasteiger partial charge on any atom is 0.256 e. The van der Waals surface area contributed by atoms with Gasteiger partial charge in [0.05, 0.1) is 6.04 Å². The molecule has 5 heteroatoms. The molecule has 156 valence electrons.